The van der Waals surface area contributed by atoms with Gasteiger partial charge in [0.05, 0.1) is 6.33 Å². The standard InChI is InChI=1S/C5H5N5O.C3H7NO2/c6-5-9-3-2(4(11)10-5)7-1-8-3;1-2(4)3(5)6/h1H,(H4,6,7,8,9,10,11);2H,4H2,1H3,(H,5,6). The fourth-order valence-corrected chi connectivity index (χ4v) is 0.860. The van der Waals surface area contributed by atoms with Gasteiger partial charge in [0.1, 0.15) is 6.04 Å². The number of nitrogen functional groups attached to an aromatic ring is 1. The molecule has 2 aromatic rings. The second-order valence-electron chi connectivity index (χ2n) is 3.18. The van der Waals surface area contributed by atoms with E-state index in [2.05, 4.69) is 19.9 Å². The van der Waals surface area contributed by atoms with E-state index in [1.54, 1.807) is 0 Å². The summed E-state index contributed by atoms with van der Waals surface area (Å²) >= 11 is 0. The minimum absolute atomic E-state index is 0.0783. The molecule has 17 heavy (non-hydrogen) atoms. The van der Waals surface area contributed by atoms with Crippen LogP contribution in [0.4, 0.5) is 5.95 Å². The Labute approximate surface area is 94.9 Å². The van der Waals surface area contributed by atoms with Crippen molar-refractivity contribution in [3.05, 3.63) is 16.7 Å². The summed E-state index contributed by atoms with van der Waals surface area (Å²) in [6.45, 7) is 1.42. The maximum absolute atomic E-state index is 11.0. The number of carboxylic acids is 1. The van der Waals surface area contributed by atoms with Crippen molar-refractivity contribution in [3.63, 3.8) is 0 Å². The van der Waals surface area contributed by atoms with E-state index in [9.17, 15) is 9.59 Å². The van der Waals surface area contributed by atoms with Gasteiger partial charge in [-0.1, -0.05) is 0 Å². The van der Waals surface area contributed by atoms with Crippen molar-refractivity contribution in [2.75, 3.05) is 5.73 Å². The number of aromatic nitrogens is 4. The molecule has 0 aliphatic rings. The Morgan fingerprint density at radius 1 is 1.59 bits per heavy atom. The van der Waals surface area contributed by atoms with Gasteiger partial charge in [-0.3, -0.25) is 14.6 Å². The molecule has 0 fully saturated rings. The predicted molar refractivity (Wildman–Crippen MR) is 60.2 cm³/mol. The highest BCUT2D eigenvalue weighted by Gasteiger charge is 2.01. The summed E-state index contributed by atoms with van der Waals surface area (Å²) < 4.78 is 0. The Morgan fingerprint density at radius 3 is 2.71 bits per heavy atom. The number of aromatic amines is 2. The van der Waals surface area contributed by atoms with Crippen molar-refractivity contribution in [3.8, 4) is 0 Å². The first-order valence-electron chi connectivity index (χ1n) is 4.59. The first kappa shape index (κ1) is 12.6. The van der Waals surface area contributed by atoms with Crippen LogP contribution in [-0.4, -0.2) is 37.1 Å². The average Bonchev–Trinajstić information content (AvgIpc) is 2.66. The molecule has 0 saturated heterocycles. The third-order valence-corrected chi connectivity index (χ3v) is 1.70. The number of carboxylic acid groups (broad SMARTS) is 1. The number of hydrogen-bond donors (Lipinski definition) is 5. The van der Waals surface area contributed by atoms with Gasteiger partial charge in [-0.15, -0.1) is 0 Å². The van der Waals surface area contributed by atoms with E-state index in [1.165, 1.54) is 13.3 Å². The number of H-pyrrole nitrogens is 2. The summed E-state index contributed by atoms with van der Waals surface area (Å²) in [6, 6.07) is -0.731. The molecule has 0 aromatic carbocycles. The van der Waals surface area contributed by atoms with Crippen LogP contribution in [0.2, 0.25) is 0 Å². The number of nitrogens with one attached hydrogen (secondary N) is 2. The highest BCUT2D eigenvalue weighted by molar-refractivity contribution is 5.72. The Morgan fingerprint density at radius 2 is 2.18 bits per heavy atom. The fourth-order valence-electron chi connectivity index (χ4n) is 0.860. The van der Waals surface area contributed by atoms with Gasteiger partial charge in [-0.05, 0) is 6.92 Å². The number of fused-ring (bicyclic) bond motifs is 1. The lowest BCUT2D eigenvalue weighted by Gasteiger charge is -1.90. The highest BCUT2D eigenvalue weighted by Crippen LogP contribution is 1.98. The lowest BCUT2D eigenvalue weighted by atomic mass is 10.4. The third kappa shape index (κ3) is 3.28. The van der Waals surface area contributed by atoms with Gasteiger partial charge < -0.3 is 21.6 Å². The van der Waals surface area contributed by atoms with E-state index in [-0.39, 0.29) is 11.5 Å². The summed E-state index contributed by atoms with van der Waals surface area (Å²) in [4.78, 5) is 33.1. The van der Waals surface area contributed by atoms with Gasteiger partial charge >= 0.3 is 5.97 Å². The van der Waals surface area contributed by atoms with Crippen LogP contribution in [-0.2, 0) is 4.79 Å². The fraction of sp³-hybridized carbons (Fsp3) is 0.250. The number of carbonyl (C=O) groups is 1. The van der Waals surface area contributed by atoms with E-state index < -0.39 is 12.0 Å². The van der Waals surface area contributed by atoms with Crippen LogP contribution >= 0.6 is 0 Å². The third-order valence-electron chi connectivity index (χ3n) is 1.70. The molecule has 1 unspecified atom stereocenters. The SMILES string of the molecule is CC(N)C(=O)O.Nc1nc2nc[nH]c2c(=O)[nH]1. The summed E-state index contributed by atoms with van der Waals surface area (Å²) in [5, 5.41) is 7.87. The summed E-state index contributed by atoms with van der Waals surface area (Å²) in [5.74, 6) is -0.885. The number of aliphatic carboxylic acids is 1. The molecule has 0 saturated carbocycles. The number of nitrogens with zero attached hydrogens (tertiary/aromatic N) is 2. The minimum atomic E-state index is -0.963. The van der Waals surface area contributed by atoms with E-state index in [4.69, 9.17) is 16.6 Å². The molecule has 92 valence electrons. The maximum Gasteiger partial charge on any atom is 0.320 e. The van der Waals surface area contributed by atoms with Gasteiger partial charge in [-0.25, -0.2) is 4.98 Å². The number of anilines is 1. The molecule has 1 atom stereocenters. The summed E-state index contributed by atoms with van der Waals surface area (Å²) in [5.41, 5.74) is 10.5. The molecule has 9 nitrogen and oxygen atoms in total. The Balaban J connectivity index is 0.000000209. The Kier molecular flexibility index (Phi) is 3.78. The molecule has 0 amide bonds. The van der Waals surface area contributed by atoms with E-state index in [0.717, 1.165) is 0 Å². The molecule has 0 bridgehead atoms. The maximum atomic E-state index is 11.0. The number of nitrogens with two attached hydrogens (primary N) is 2. The molecule has 0 aliphatic heterocycles. The Hall–Kier alpha value is -2.42. The predicted octanol–water partition coefficient (Wildman–Crippen LogP) is -1.35. The van der Waals surface area contributed by atoms with Crippen LogP contribution in [0.15, 0.2) is 11.1 Å². The van der Waals surface area contributed by atoms with Crippen molar-refractivity contribution >= 4 is 23.1 Å². The van der Waals surface area contributed by atoms with Crippen LogP contribution in [0.1, 0.15) is 6.92 Å². The van der Waals surface area contributed by atoms with Crippen molar-refractivity contribution < 1.29 is 9.90 Å². The molecular formula is C8H12N6O3. The molecule has 2 aromatic heterocycles. The molecular weight excluding hydrogens is 228 g/mol. The lowest BCUT2D eigenvalue weighted by Crippen LogP contribution is -2.25. The minimum Gasteiger partial charge on any atom is -0.480 e. The van der Waals surface area contributed by atoms with Crippen molar-refractivity contribution in [2.24, 2.45) is 5.73 Å². The zero-order valence-corrected chi connectivity index (χ0v) is 8.97. The normalized spacial score (nSPS) is 11.6. The zero-order valence-electron chi connectivity index (χ0n) is 8.97. The lowest BCUT2D eigenvalue weighted by molar-refractivity contribution is -0.138. The second kappa shape index (κ2) is 5.07. The van der Waals surface area contributed by atoms with Crippen molar-refractivity contribution in [1.82, 2.24) is 19.9 Å². The largest absolute Gasteiger partial charge is 0.480 e. The quantitative estimate of drug-likeness (QED) is 0.411. The Bertz CT molecular complexity index is 572. The van der Waals surface area contributed by atoms with Gasteiger partial charge in [0.2, 0.25) is 5.95 Å². The molecule has 0 aliphatic carbocycles. The smallest absolute Gasteiger partial charge is 0.320 e. The van der Waals surface area contributed by atoms with Gasteiger partial charge in [0.25, 0.3) is 5.56 Å². The molecule has 0 radical (unpaired) electrons. The van der Waals surface area contributed by atoms with Crippen LogP contribution in [0, 0.1) is 0 Å². The van der Waals surface area contributed by atoms with E-state index in [0.29, 0.717) is 11.2 Å². The molecule has 9 heteroatoms. The van der Waals surface area contributed by atoms with Gasteiger partial charge in [-0.2, -0.15) is 4.98 Å². The highest BCUT2D eigenvalue weighted by atomic mass is 16.4. The van der Waals surface area contributed by atoms with E-state index in [1.807, 2.05) is 0 Å². The van der Waals surface area contributed by atoms with Crippen LogP contribution in [0.3, 0.4) is 0 Å². The first-order chi connectivity index (χ1) is 7.91. The summed E-state index contributed by atoms with van der Waals surface area (Å²) in [6.07, 6.45) is 1.40. The van der Waals surface area contributed by atoms with Gasteiger partial charge in [0, 0.05) is 0 Å². The topological polar surface area (TPSA) is 164 Å². The average molecular weight is 240 g/mol. The second-order valence-corrected chi connectivity index (χ2v) is 3.18. The number of rotatable bonds is 1. The van der Waals surface area contributed by atoms with Crippen LogP contribution in [0.25, 0.3) is 11.2 Å². The number of imidazole rings is 1. The summed E-state index contributed by atoms with van der Waals surface area (Å²) in [7, 11) is 0. The number of hydrogen-bond acceptors (Lipinski definition) is 6. The van der Waals surface area contributed by atoms with Gasteiger partial charge in [0.15, 0.2) is 11.2 Å². The molecule has 2 rings (SSSR count). The monoisotopic (exact) mass is 240 g/mol. The molecule has 7 N–H and O–H groups in total. The zero-order chi connectivity index (χ0) is 13.0. The van der Waals surface area contributed by atoms with Crippen LogP contribution < -0.4 is 17.0 Å². The van der Waals surface area contributed by atoms with Crippen molar-refractivity contribution in [1.29, 1.82) is 0 Å². The van der Waals surface area contributed by atoms with E-state index >= 15 is 0 Å². The first-order valence-corrected chi connectivity index (χ1v) is 4.59. The van der Waals surface area contributed by atoms with Crippen LogP contribution in [0.5, 0.6) is 0 Å². The van der Waals surface area contributed by atoms with Crippen molar-refractivity contribution in [2.45, 2.75) is 13.0 Å². The molecule has 0 spiro atoms. The molecule has 2 heterocycles.